The predicted molar refractivity (Wildman–Crippen MR) is 70.4 cm³/mol. The zero-order valence-electron chi connectivity index (χ0n) is 11.0. The lowest BCUT2D eigenvalue weighted by molar-refractivity contribution is -0.384. The Morgan fingerprint density at radius 1 is 1.42 bits per heavy atom. The van der Waals surface area contributed by atoms with E-state index in [0.29, 0.717) is 18.4 Å². The maximum Gasteiger partial charge on any atom is 0.269 e. The van der Waals surface area contributed by atoms with E-state index in [0.717, 1.165) is 6.42 Å². The molecule has 6 heteroatoms. The number of hydrogen-bond donors (Lipinski definition) is 1. The van der Waals surface area contributed by atoms with Gasteiger partial charge in [0.05, 0.1) is 4.92 Å². The topological polar surface area (TPSA) is 73.6 Å². The first kappa shape index (κ1) is 13.8. The fraction of sp³-hybridized carbons (Fsp3) is 0.538. The summed E-state index contributed by atoms with van der Waals surface area (Å²) in [5.41, 5.74) is 0.0652. The normalized spacial score (nSPS) is 25.7. The molecule has 1 fully saturated rings. The second kappa shape index (κ2) is 5.99. The highest BCUT2D eigenvalue weighted by atomic mass is 16.6. The average molecular weight is 266 g/mol. The summed E-state index contributed by atoms with van der Waals surface area (Å²) in [5, 5.41) is 13.7. The lowest BCUT2D eigenvalue weighted by Crippen LogP contribution is -2.60. The Morgan fingerprint density at radius 2 is 2.11 bits per heavy atom. The SMILES string of the molecule is CCOC1C(NC)CC1Oc1ccc([N+](=O)[O-])cc1. The molecule has 1 N–H and O–H groups in total. The molecule has 0 radical (unpaired) electrons. The van der Waals surface area contributed by atoms with Crippen molar-refractivity contribution in [2.75, 3.05) is 13.7 Å². The van der Waals surface area contributed by atoms with E-state index in [1.165, 1.54) is 12.1 Å². The van der Waals surface area contributed by atoms with Crippen LogP contribution in [0.15, 0.2) is 24.3 Å². The smallest absolute Gasteiger partial charge is 0.269 e. The molecule has 1 saturated carbocycles. The summed E-state index contributed by atoms with van der Waals surface area (Å²) < 4.78 is 11.4. The molecule has 2 rings (SSSR count). The highest BCUT2D eigenvalue weighted by molar-refractivity contribution is 5.36. The highest BCUT2D eigenvalue weighted by Crippen LogP contribution is 2.29. The lowest BCUT2D eigenvalue weighted by atomic mass is 9.85. The third kappa shape index (κ3) is 3.02. The molecule has 0 aliphatic heterocycles. The van der Waals surface area contributed by atoms with Gasteiger partial charge in [-0.05, 0) is 26.1 Å². The minimum absolute atomic E-state index is 0.00106. The van der Waals surface area contributed by atoms with Gasteiger partial charge in [0.15, 0.2) is 0 Å². The number of benzene rings is 1. The summed E-state index contributed by atoms with van der Waals surface area (Å²) in [5.74, 6) is 0.634. The number of hydrogen-bond acceptors (Lipinski definition) is 5. The first-order chi connectivity index (χ1) is 9.15. The third-order valence-corrected chi connectivity index (χ3v) is 3.31. The first-order valence-corrected chi connectivity index (χ1v) is 6.35. The number of rotatable bonds is 6. The third-order valence-electron chi connectivity index (χ3n) is 3.31. The van der Waals surface area contributed by atoms with Gasteiger partial charge in [-0.2, -0.15) is 0 Å². The molecule has 1 aromatic rings. The molecule has 3 atom stereocenters. The number of ether oxygens (including phenoxy) is 2. The zero-order chi connectivity index (χ0) is 13.8. The van der Waals surface area contributed by atoms with Crippen LogP contribution in [0.2, 0.25) is 0 Å². The van der Waals surface area contributed by atoms with E-state index in [1.807, 2.05) is 14.0 Å². The standard InChI is InChI=1S/C13H18N2O4/c1-3-18-13-11(14-2)8-12(13)19-10-6-4-9(5-7-10)15(16)17/h4-7,11-14H,3,8H2,1-2H3. The van der Waals surface area contributed by atoms with Gasteiger partial charge < -0.3 is 14.8 Å². The van der Waals surface area contributed by atoms with E-state index < -0.39 is 4.92 Å². The van der Waals surface area contributed by atoms with Crippen LogP contribution in [0.5, 0.6) is 5.75 Å². The Hall–Kier alpha value is -1.66. The van der Waals surface area contributed by atoms with Crippen LogP contribution in [0, 0.1) is 10.1 Å². The van der Waals surface area contributed by atoms with Crippen LogP contribution >= 0.6 is 0 Å². The number of non-ortho nitro benzene ring substituents is 1. The van der Waals surface area contributed by atoms with E-state index in [1.54, 1.807) is 12.1 Å². The average Bonchev–Trinajstić information content (AvgIpc) is 2.41. The maximum atomic E-state index is 10.6. The molecule has 1 aliphatic rings. The Labute approximate surface area is 111 Å². The van der Waals surface area contributed by atoms with Crippen molar-refractivity contribution in [3.05, 3.63) is 34.4 Å². The predicted octanol–water partition coefficient (Wildman–Crippen LogP) is 1.74. The van der Waals surface area contributed by atoms with E-state index >= 15 is 0 Å². The van der Waals surface area contributed by atoms with Gasteiger partial charge in [0, 0.05) is 31.2 Å². The van der Waals surface area contributed by atoms with Crippen LogP contribution in [-0.4, -0.2) is 36.8 Å². The molecule has 6 nitrogen and oxygen atoms in total. The van der Waals surface area contributed by atoms with Crippen molar-refractivity contribution < 1.29 is 14.4 Å². The molecule has 0 amide bonds. The highest BCUT2D eigenvalue weighted by Gasteiger charge is 2.42. The van der Waals surface area contributed by atoms with Crippen molar-refractivity contribution >= 4 is 5.69 Å². The summed E-state index contributed by atoms with van der Waals surface area (Å²) in [4.78, 5) is 10.1. The summed E-state index contributed by atoms with van der Waals surface area (Å²) in [6, 6.07) is 6.43. The quantitative estimate of drug-likeness (QED) is 0.627. The summed E-state index contributed by atoms with van der Waals surface area (Å²) in [6.45, 7) is 2.59. The van der Waals surface area contributed by atoms with Crippen molar-refractivity contribution in [1.29, 1.82) is 0 Å². The second-order valence-corrected chi connectivity index (χ2v) is 4.46. The second-order valence-electron chi connectivity index (χ2n) is 4.46. The number of nitrogens with zero attached hydrogens (tertiary/aromatic N) is 1. The zero-order valence-corrected chi connectivity index (χ0v) is 11.0. The fourth-order valence-electron chi connectivity index (χ4n) is 2.22. The van der Waals surface area contributed by atoms with Gasteiger partial charge in [0.1, 0.15) is 18.0 Å². The molecule has 0 bridgehead atoms. The molecular formula is C13H18N2O4. The van der Waals surface area contributed by atoms with Crippen molar-refractivity contribution in [2.24, 2.45) is 0 Å². The summed E-state index contributed by atoms with van der Waals surface area (Å²) >= 11 is 0. The largest absolute Gasteiger partial charge is 0.488 e. The molecular weight excluding hydrogens is 248 g/mol. The number of nitro groups is 1. The van der Waals surface area contributed by atoms with Gasteiger partial charge in [-0.1, -0.05) is 0 Å². The number of nitrogens with one attached hydrogen (secondary N) is 1. The van der Waals surface area contributed by atoms with Crippen molar-refractivity contribution in [3.8, 4) is 5.75 Å². The van der Waals surface area contributed by atoms with Crippen LogP contribution in [0.1, 0.15) is 13.3 Å². The summed E-state index contributed by atoms with van der Waals surface area (Å²) in [7, 11) is 1.90. The molecule has 0 saturated heterocycles. The van der Waals surface area contributed by atoms with Crippen molar-refractivity contribution in [2.45, 2.75) is 31.6 Å². The van der Waals surface area contributed by atoms with E-state index in [9.17, 15) is 10.1 Å². The molecule has 1 aliphatic carbocycles. The van der Waals surface area contributed by atoms with Gasteiger partial charge in [0.25, 0.3) is 5.69 Å². The minimum Gasteiger partial charge on any atom is -0.488 e. The van der Waals surface area contributed by atoms with Gasteiger partial charge in [-0.15, -0.1) is 0 Å². The van der Waals surface area contributed by atoms with Crippen LogP contribution in [-0.2, 0) is 4.74 Å². The molecule has 104 valence electrons. The van der Waals surface area contributed by atoms with E-state index in [-0.39, 0.29) is 17.9 Å². The monoisotopic (exact) mass is 266 g/mol. The lowest BCUT2D eigenvalue weighted by Gasteiger charge is -2.43. The molecule has 19 heavy (non-hydrogen) atoms. The number of nitro benzene ring substituents is 1. The molecule has 0 spiro atoms. The minimum atomic E-state index is -0.423. The molecule has 0 aromatic heterocycles. The van der Waals surface area contributed by atoms with Gasteiger partial charge in [0.2, 0.25) is 0 Å². The first-order valence-electron chi connectivity index (χ1n) is 6.35. The van der Waals surface area contributed by atoms with Crippen molar-refractivity contribution in [3.63, 3.8) is 0 Å². The molecule has 3 unspecified atom stereocenters. The van der Waals surface area contributed by atoms with Crippen LogP contribution < -0.4 is 10.1 Å². The Bertz CT molecular complexity index is 435. The molecule has 0 heterocycles. The van der Waals surface area contributed by atoms with Crippen LogP contribution in [0.4, 0.5) is 5.69 Å². The maximum absolute atomic E-state index is 10.6. The van der Waals surface area contributed by atoms with Gasteiger partial charge >= 0.3 is 0 Å². The Kier molecular flexibility index (Phi) is 4.34. The van der Waals surface area contributed by atoms with E-state index in [2.05, 4.69) is 5.32 Å². The van der Waals surface area contributed by atoms with Crippen LogP contribution in [0.25, 0.3) is 0 Å². The summed E-state index contributed by atoms with van der Waals surface area (Å²) in [6.07, 6.45) is 0.905. The van der Waals surface area contributed by atoms with Crippen molar-refractivity contribution in [1.82, 2.24) is 5.32 Å². The number of likely N-dealkylation sites (N-methyl/N-ethyl adjacent to an activating group) is 1. The van der Waals surface area contributed by atoms with E-state index in [4.69, 9.17) is 9.47 Å². The van der Waals surface area contributed by atoms with Crippen LogP contribution in [0.3, 0.4) is 0 Å². The fourth-order valence-corrected chi connectivity index (χ4v) is 2.22. The Balaban J connectivity index is 1.95. The van der Waals surface area contributed by atoms with Gasteiger partial charge in [-0.25, -0.2) is 0 Å². The molecule has 1 aromatic carbocycles. The van der Waals surface area contributed by atoms with Gasteiger partial charge in [-0.3, -0.25) is 10.1 Å². The Morgan fingerprint density at radius 3 is 2.63 bits per heavy atom.